The quantitative estimate of drug-likeness (QED) is 0.206. The fourth-order valence-corrected chi connectivity index (χ4v) is 5.51. The molecule has 9 nitrogen and oxygen atoms in total. The number of aryl methyl sites for hydroxylation is 2. The minimum atomic E-state index is -4.53. The smallest absolute Gasteiger partial charge is 0.416 e. The van der Waals surface area contributed by atoms with Crippen molar-refractivity contribution in [3.8, 4) is 28.0 Å². The Hall–Kier alpha value is -4.97. The Labute approximate surface area is 257 Å². The molecule has 5 aromatic rings. The molecule has 232 valence electrons. The highest BCUT2D eigenvalue weighted by Crippen LogP contribution is 2.45. The standard InChI is InChI=1S/C33H31F3N6O3/c1-19-7-8-20(31(43)39-25-6-4-5-23(15-25)33(34,35)36)13-26(19)27-14-21-16-37-32(40-24-9-11-45-12-10-24)41-29(21)28(30(27)44-3)22-17-38-42(2)18-22/h4-8,13-18,24H,9-12H2,1-3H3,(H,39,43)(H,37,40,41). The number of amides is 1. The molecular formula is C33H31F3N6O3. The van der Waals surface area contributed by atoms with Crippen molar-refractivity contribution < 1.29 is 27.4 Å². The van der Waals surface area contributed by atoms with Crippen molar-refractivity contribution in [1.29, 1.82) is 0 Å². The number of hydrogen-bond acceptors (Lipinski definition) is 7. The number of aromatic nitrogens is 4. The molecule has 0 spiro atoms. The monoisotopic (exact) mass is 616 g/mol. The highest BCUT2D eigenvalue weighted by Gasteiger charge is 2.30. The van der Waals surface area contributed by atoms with E-state index in [2.05, 4.69) is 20.7 Å². The molecule has 0 bridgehead atoms. The van der Waals surface area contributed by atoms with E-state index in [1.807, 2.05) is 26.2 Å². The lowest BCUT2D eigenvalue weighted by atomic mass is 9.92. The molecule has 0 atom stereocenters. The molecule has 2 aromatic heterocycles. The number of hydrogen-bond donors (Lipinski definition) is 2. The number of benzene rings is 3. The fourth-order valence-electron chi connectivity index (χ4n) is 5.51. The topological polar surface area (TPSA) is 103 Å². The van der Waals surface area contributed by atoms with Crippen LogP contribution in [0.2, 0.25) is 0 Å². The first-order valence-electron chi connectivity index (χ1n) is 14.4. The van der Waals surface area contributed by atoms with Crippen molar-refractivity contribution in [3.05, 3.63) is 83.8 Å². The molecule has 12 heteroatoms. The normalized spacial score (nSPS) is 14.0. The van der Waals surface area contributed by atoms with Crippen LogP contribution < -0.4 is 15.4 Å². The second-order valence-corrected chi connectivity index (χ2v) is 11.0. The van der Waals surface area contributed by atoms with Crippen LogP contribution in [0.15, 0.2) is 67.1 Å². The van der Waals surface area contributed by atoms with Gasteiger partial charge in [0.25, 0.3) is 5.91 Å². The number of carbonyl (C=O) groups is 1. The Morgan fingerprint density at radius 2 is 1.87 bits per heavy atom. The maximum atomic E-state index is 13.3. The summed E-state index contributed by atoms with van der Waals surface area (Å²) in [6, 6.07) is 11.8. The van der Waals surface area contributed by atoms with Crippen LogP contribution in [0.4, 0.5) is 24.8 Å². The van der Waals surface area contributed by atoms with Crippen LogP contribution in [0.25, 0.3) is 33.2 Å². The first-order valence-corrected chi connectivity index (χ1v) is 14.4. The first kappa shape index (κ1) is 30.1. The van der Waals surface area contributed by atoms with E-state index in [1.165, 1.54) is 12.1 Å². The summed E-state index contributed by atoms with van der Waals surface area (Å²) in [5.74, 6) is 0.485. The van der Waals surface area contributed by atoms with Crippen LogP contribution in [-0.2, 0) is 18.0 Å². The molecule has 1 fully saturated rings. The van der Waals surface area contributed by atoms with Crippen molar-refractivity contribution in [1.82, 2.24) is 19.7 Å². The highest BCUT2D eigenvalue weighted by atomic mass is 19.4. The zero-order valence-corrected chi connectivity index (χ0v) is 24.9. The van der Waals surface area contributed by atoms with Crippen molar-refractivity contribution in [2.75, 3.05) is 31.0 Å². The molecule has 0 saturated carbocycles. The molecule has 3 heterocycles. The molecule has 2 N–H and O–H groups in total. The lowest BCUT2D eigenvalue weighted by Crippen LogP contribution is -2.28. The summed E-state index contributed by atoms with van der Waals surface area (Å²) in [6.07, 6.45) is 2.56. The van der Waals surface area contributed by atoms with E-state index in [0.29, 0.717) is 47.1 Å². The number of nitrogens with zero attached hydrogens (tertiary/aromatic N) is 4. The molecule has 1 aliphatic heterocycles. The van der Waals surface area contributed by atoms with E-state index in [9.17, 15) is 18.0 Å². The van der Waals surface area contributed by atoms with Gasteiger partial charge in [-0.25, -0.2) is 9.97 Å². The number of rotatable bonds is 7. The molecule has 0 radical (unpaired) electrons. The average Bonchev–Trinajstić information content (AvgIpc) is 3.46. The number of anilines is 2. The summed E-state index contributed by atoms with van der Waals surface area (Å²) in [5, 5.41) is 11.1. The maximum absolute atomic E-state index is 13.3. The van der Waals surface area contributed by atoms with Gasteiger partial charge in [0, 0.05) is 66.5 Å². The lowest BCUT2D eigenvalue weighted by molar-refractivity contribution is -0.137. The summed E-state index contributed by atoms with van der Waals surface area (Å²) >= 11 is 0. The molecule has 0 aliphatic carbocycles. The number of ether oxygens (including phenoxy) is 2. The van der Waals surface area contributed by atoms with Crippen molar-refractivity contribution >= 4 is 28.4 Å². The van der Waals surface area contributed by atoms with Gasteiger partial charge in [-0.3, -0.25) is 9.48 Å². The van der Waals surface area contributed by atoms with Crippen molar-refractivity contribution in [3.63, 3.8) is 0 Å². The summed E-state index contributed by atoms with van der Waals surface area (Å²) in [4.78, 5) is 22.8. The number of nitrogens with one attached hydrogen (secondary N) is 2. The van der Waals surface area contributed by atoms with Gasteiger partial charge in [-0.1, -0.05) is 12.1 Å². The summed E-state index contributed by atoms with van der Waals surface area (Å²) in [6.45, 7) is 3.27. The van der Waals surface area contributed by atoms with Gasteiger partial charge < -0.3 is 20.1 Å². The second kappa shape index (κ2) is 12.2. The lowest BCUT2D eigenvalue weighted by Gasteiger charge is -2.23. The third-order valence-electron chi connectivity index (χ3n) is 7.82. The molecule has 1 aliphatic rings. The van der Waals surface area contributed by atoms with Gasteiger partial charge in [0.05, 0.1) is 30.0 Å². The van der Waals surface area contributed by atoms with Crippen LogP contribution in [0.5, 0.6) is 5.75 Å². The number of methoxy groups -OCH3 is 1. The highest BCUT2D eigenvalue weighted by molar-refractivity contribution is 6.06. The molecule has 3 aromatic carbocycles. The van der Waals surface area contributed by atoms with Crippen molar-refractivity contribution in [2.24, 2.45) is 7.05 Å². The van der Waals surface area contributed by atoms with Gasteiger partial charge in [-0.15, -0.1) is 0 Å². The van der Waals surface area contributed by atoms with E-state index >= 15 is 0 Å². The van der Waals surface area contributed by atoms with Gasteiger partial charge in [-0.05, 0) is 67.3 Å². The van der Waals surface area contributed by atoms with Crippen LogP contribution in [-0.4, -0.2) is 52.0 Å². The second-order valence-electron chi connectivity index (χ2n) is 11.0. The van der Waals surface area contributed by atoms with Crippen LogP contribution in [0, 0.1) is 6.92 Å². The Bertz CT molecular complexity index is 1880. The van der Waals surface area contributed by atoms with Gasteiger partial charge in [0.1, 0.15) is 5.75 Å². The zero-order chi connectivity index (χ0) is 31.7. The average molecular weight is 617 g/mol. The van der Waals surface area contributed by atoms with Crippen LogP contribution >= 0.6 is 0 Å². The first-order chi connectivity index (χ1) is 21.6. The molecule has 1 saturated heterocycles. The van der Waals surface area contributed by atoms with E-state index in [0.717, 1.165) is 41.5 Å². The van der Waals surface area contributed by atoms with E-state index in [1.54, 1.807) is 42.4 Å². The van der Waals surface area contributed by atoms with Gasteiger partial charge in [-0.2, -0.15) is 18.3 Å². The minimum Gasteiger partial charge on any atom is -0.495 e. The van der Waals surface area contributed by atoms with Gasteiger partial charge in [0.2, 0.25) is 5.95 Å². The third-order valence-corrected chi connectivity index (χ3v) is 7.82. The largest absolute Gasteiger partial charge is 0.495 e. The predicted molar refractivity (Wildman–Crippen MR) is 165 cm³/mol. The SMILES string of the molecule is COc1c(-c2cc(C(=O)Nc3cccc(C(F)(F)F)c3)ccc2C)cc2cnc(NC3CCOCC3)nc2c1-c1cnn(C)c1. The number of fused-ring (bicyclic) bond motifs is 1. The Morgan fingerprint density at radius 1 is 1.07 bits per heavy atom. The zero-order valence-electron chi connectivity index (χ0n) is 24.9. The van der Waals surface area contributed by atoms with Crippen LogP contribution in [0.3, 0.4) is 0 Å². The predicted octanol–water partition coefficient (Wildman–Crippen LogP) is 6.88. The maximum Gasteiger partial charge on any atom is 0.416 e. The van der Waals surface area contributed by atoms with E-state index < -0.39 is 17.6 Å². The number of halogens is 3. The molecular weight excluding hydrogens is 585 g/mol. The number of carbonyl (C=O) groups excluding carboxylic acids is 1. The Balaban J connectivity index is 1.43. The summed E-state index contributed by atoms with van der Waals surface area (Å²) < 4.78 is 52.9. The summed E-state index contributed by atoms with van der Waals surface area (Å²) in [7, 11) is 3.40. The fraction of sp³-hybridized carbons (Fsp3) is 0.273. The molecule has 6 rings (SSSR count). The van der Waals surface area contributed by atoms with Crippen molar-refractivity contribution in [2.45, 2.75) is 32.0 Å². The van der Waals surface area contributed by atoms with E-state index in [4.69, 9.17) is 14.5 Å². The third kappa shape index (κ3) is 6.32. The van der Waals surface area contributed by atoms with Gasteiger partial charge >= 0.3 is 6.18 Å². The van der Waals surface area contributed by atoms with Crippen LogP contribution in [0.1, 0.15) is 34.3 Å². The van der Waals surface area contributed by atoms with E-state index in [-0.39, 0.29) is 17.3 Å². The Morgan fingerprint density at radius 3 is 2.58 bits per heavy atom. The number of alkyl halides is 3. The Kier molecular flexibility index (Phi) is 8.15. The minimum absolute atomic E-state index is 0.0430. The summed E-state index contributed by atoms with van der Waals surface area (Å²) in [5.41, 5.74) is 3.91. The molecule has 45 heavy (non-hydrogen) atoms. The van der Waals surface area contributed by atoms with Gasteiger partial charge in [0.15, 0.2) is 0 Å². The molecule has 0 unspecified atom stereocenters. The molecule has 1 amide bonds.